The standard InChI is InChI=1S/C15H10BrN3O3S/c1-22-14(21)8-2-3-11-12(5-8)23-15(18-11)19-13(20)9-4-10(16)7-17-6-9/h2-7H,1H3,(H,18,19,20). The van der Waals surface area contributed by atoms with Crippen LogP contribution in [0.2, 0.25) is 0 Å². The fourth-order valence-electron chi connectivity index (χ4n) is 1.93. The highest BCUT2D eigenvalue weighted by Gasteiger charge is 2.12. The topological polar surface area (TPSA) is 81.2 Å². The van der Waals surface area contributed by atoms with Crippen LogP contribution in [0.1, 0.15) is 20.7 Å². The maximum Gasteiger partial charge on any atom is 0.337 e. The number of halogens is 1. The van der Waals surface area contributed by atoms with Crippen molar-refractivity contribution in [3.8, 4) is 0 Å². The SMILES string of the molecule is COC(=O)c1ccc2nc(NC(=O)c3cncc(Br)c3)sc2c1. The first-order chi connectivity index (χ1) is 11.1. The van der Waals surface area contributed by atoms with Crippen molar-refractivity contribution in [2.45, 2.75) is 0 Å². The molecule has 3 rings (SSSR count). The minimum absolute atomic E-state index is 0.300. The molecule has 116 valence electrons. The number of benzene rings is 1. The van der Waals surface area contributed by atoms with E-state index in [1.54, 1.807) is 30.5 Å². The first-order valence-electron chi connectivity index (χ1n) is 6.47. The zero-order valence-corrected chi connectivity index (χ0v) is 14.3. The number of nitrogens with one attached hydrogen (secondary N) is 1. The third-order valence-corrected chi connectivity index (χ3v) is 4.36. The number of carbonyl (C=O) groups excluding carboxylic acids is 2. The van der Waals surface area contributed by atoms with Gasteiger partial charge in [-0.3, -0.25) is 15.1 Å². The molecular weight excluding hydrogens is 382 g/mol. The molecule has 8 heteroatoms. The van der Waals surface area contributed by atoms with Gasteiger partial charge < -0.3 is 4.74 Å². The van der Waals surface area contributed by atoms with Gasteiger partial charge in [0.25, 0.3) is 5.91 Å². The molecule has 0 saturated heterocycles. The number of ether oxygens (including phenoxy) is 1. The van der Waals surface area contributed by atoms with Gasteiger partial charge in [-0.1, -0.05) is 11.3 Å². The van der Waals surface area contributed by atoms with Gasteiger partial charge in [0.05, 0.1) is 28.5 Å². The van der Waals surface area contributed by atoms with Gasteiger partial charge in [0.1, 0.15) is 0 Å². The molecule has 1 aromatic carbocycles. The third-order valence-electron chi connectivity index (χ3n) is 3.00. The number of anilines is 1. The molecule has 0 spiro atoms. The summed E-state index contributed by atoms with van der Waals surface area (Å²) in [5.74, 6) is -0.711. The van der Waals surface area contributed by atoms with Crippen LogP contribution >= 0.6 is 27.3 Å². The fraction of sp³-hybridized carbons (Fsp3) is 0.0667. The van der Waals surface area contributed by atoms with E-state index in [1.807, 2.05) is 0 Å². The maximum atomic E-state index is 12.2. The van der Waals surface area contributed by atoms with Crippen LogP contribution in [0.5, 0.6) is 0 Å². The summed E-state index contributed by atoms with van der Waals surface area (Å²) in [7, 11) is 1.33. The predicted molar refractivity (Wildman–Crippen MR) is 90.8 cm³/mol. The van der Waals surface area contributed by atoms with E-state index in [2.05, 4.69) is 36.0 Å². The average molecular weight is 392 g/mol. The Labute approximate surface area is 143 Å². The number of hydrogen-bond donors (Lipinski definition) is 1. The highest BCUT2D eigenvalue weighted by molar-refractivity contribution is 9.10. The first-order valence-corrected chi connectivity index (χ1v) is 8.08. The lowest BCUT2D eigenvalue weighted by atomic mass is 10.2. The largest absolute Gasteiger partial charge is 0.465 e. The Balaban J connectivity index is 1.86. The van der Waals surface area contributed by atoms with E-state index in [-0.39, 0.29) is 5.91 Å². The van der Waals surface area contributed by atoms with E-state index in [4.69, 9.17) is 0 Å². The molecule has 0 saturated carbocycles. The molecule has 6 nitrogen and oxygen atoms in total. The lowest BCUT2D eigenvalue weighted by molar-refractivity contribution is 0.0601. The normalized spacial score (nSPS) is 10.5. The Morgan fingerprint density at radius 2 is 2.04 bits per heavy atom. The molecule has 23 heavy (non-hydrogen) atoms. The number of rotatable bonds is 3. The molecule has 0 aliphatic rings. The number of amides is 1. The Kier molecular flexibility index (Phi) is 4.35. The second-order valence-electron chi connectivity index (χ2n) is 4.54. The minimum Gasteiger partial charge on any atom is -0.465 e. The van der Waals surface area contributed by atoms with Crippen LogP contribution in [0.25, 0.3) is 10.2 Å². The molecule has 0 aliphatic carbocycles. The lowest BCUT2D eigenvalue weighted by Crippen LogP contribution is -2.11. The summed E-state index contributed by atoms with van der Waals surface area (Å²) in [6.45, 7) is 0. The molecule has 0 aliphatic heterocycles. The predicted octanol–water partition coefficient (Wildman–Crippen LogP) is 3.49. The molecule has 2 heterocycles. The smallest absolute Gasteiger partial charge is 0.337 e. The van der Waals surface area contributed by atoms with Crippen LogP contribution in [0.3, 0.4) is 0 Å². The van der Waals surface area contributed by atoms with Crippen molar-refractivity contribution in [1.29, 1.82) is 0 Å². The van der Waals surface area contributed by atoms with Gasteiger partial charge in [0.2, 0.25) is 0 Å². The number of esters is 1. The van der Waals surface area contributed by atoms with Gasteiger partial charge in [-0.05, 0) is 40.2 Å². The monoisotopic (exact) mass is 391 g/mol. The zero-order valence-electron chi connectivity index (χ0n) is 11.9. The summed E-state index contributed by atoms with van der Waals surface area (Å²) >= 11 is 4.56. The number of aromatic nitrogens is 2. The van der Waals surface area contributed by atoms with Gasteiger partial charge >= 0.3 is 5.97 Å². The molecule has 0 fully saturated rings. The fourth-order valence-corrected chi connectivity index (χ4v) is 3.19. The second kappa shape index (κ2) is 6.43. The number of pyridine rings is 1. The van der Waals surface area contributed by atoms with Crippen molar-refractivity contribution in [1.82, 2.24) is 9.97 Å². The molecule has 0 bridgehead atoms. The van der Waals surface area contributed by atoms with E-state index < -0.39 is 5.97 Å². The van der Waals surface area contributed by atoms with Crippen LogP contribution in [-0.4, -0.2) is 29.0 Å². The van der Waals surface area contributed by atoms with Crippen LogP contribution < -0.4 is 5.32 Å². The summed E-state index contributed by atoms with van der Waals surface area (Å²) < 4.78 is 6.20. The third kappa shape index (κ3) is 3.38. The van der Waals surface area contributed by atoms with Gasteiger partial charge in [0.15, 0.2) is 5.13 Å². The second-order valence-corrected chi connectivity index (χ2v) is 6.49. The van der Waals surface area contributed by atoms with Gasteiger partial charge in [0, 0.05) is 16.9 Å². The van der Waals surface area contributed by atoms with E-state index in [0.29, 0.717) is 21.8 Å². The van der Waals surface area contributed by atoms with Crippen molar-refractivity contribution < 1.29 is 14.3 Å². The van der Waals surface area contributed by atoms with E-state index >= 15 is 0 Å². The number of carbonyl (C=O) groups is 2. The van der Waals surface area contributed by atoms with Gasteiger partial charge in [-0.25, -0.2) is 9.78 Å². The quantitative estimate of drug-likeness (QED) is 0.691. The molecule has 1 amide bonds. The maximum absolute atomic E-state index is 12.2. The van der Waals surface area contributed by atoms with E-state index in [1.165, 1.54) is 24.6 Å². The summed E-state index contributed by atoms with van der Waals surface area (Å²) in [5, 5.41) is 3.18. The average Bonchev–Trinajstić information content (AvgIpc) is 2.95. The number of methoxy groups -OCH3 is 1. The summed E-state index contributed by atoms with van der Waals surface area (Å²) in [4.78, 5) is 32.0. The Hall–Kier alpha value is -2.32. The van der Waals surface area contributed by atoms with Crippen molar-refractivity contribution in [2.75, 3.05) is 12.4 Å². The molecule has 2 aromatic heterocycles. The van der Waals surface area contributed by atoms with Crippen LogP contribution in [0.15, 0.2) is 41.1 Å². The van der Waals surface area contributed by atoms with Crippen LogP contribution in [0.4, 0.5) is 5.13 Å². The lowest BCUT2D eigenvalue weighted by Gasteiger charge is -2.00. The van der Waals surface area contributed by atoms with E-state index in [9.17, 15) is 9.59 Å². The number of fused-ring (bicyclic) bond motifs is 1. The highest BCUT2D eigenvalue weighted by Crippen LogP contribution is 2.27. The van der Waals surface area contributed by atoms with Crippen molar-refractivity contribution >= 4 is 54.5 Å². The summed E-state index contributed by atoms with van der Waals surface area (Å²) in [6.07, 6.45) is 3.07. The Morgan fingerprint density at radius 1 is 1.22 bits per heavy atom. The molecule has 0 unspecified atom stereocenters. The molecule has 0 radical (unpaired) electrons. The highest BCUT2D eigenvalue weighted by atomic mass is 79.9. The van der Waals surface area contributed by atoms with Gasteiger partial charge in [-0.15, -0.1) is 0 Å². The van der Waals surface area contributed by atoms with Crippen molar-refractivity contribution in [2.24, 2.45) is 0 Å². The number of thiazole rings is 1. The molecular formula is C15H10BrN3O3S. The number of nitrogens with zero attached hydrogens (tertiary/aromatic N) is 2. The van der Waals surface area contributed by atoms with E-state index in [0.717, 1.165) is 9.17 Å². The molecule has 0 atom stereocenters. The zero-order chi connectivity index (χ0) is 16.4. The Bertz CT molecular complexity index is 910. The molecule has 3 aromatic rings. The Morgan fingerprint density at radius 3 is 2.78 bits per heavy atom. The van der Waals surface area contributed by atoms with Crippen molar-refractivity contribution in [3.63, 3.8) is 0 Å². The first kappa shape index (κ1) is 15.6. The van der Waals surface area contributed by atoms with Crippen molar-refractivity contribution in [3.05, 3.63) is 52.3 Å². The van der Waals surface area contributed by atoms with Crippen LogP contribution in [-0.2, 0) is 4.74 Å². The summed E-state index contributed by atoms with van der Waals surface area (Å²) in [6, 6.07) is 6.71. The number of hydrogen-bond acceptors (Lipinski definition) is 6. The molecule has 1 N–H and O–H groups in total. The van der Waals surface area contributed by atoms with Crippen LogP contribution in [0, 0.1) is 0 Å². The summed E-state index contributed by atoms with van der Waals surface area (Å²) in [5.41, 5.74) is 1.57. The minimum atomic E-state index is -0.411. The van der Waals surface area contributed by atoms with Gasteiger partial charge in [-0.2, -0.15) is 0 Å².